The zero-order valence-electron chi connectivity index (χ0n) is 16.4. The van der Waals surface area contributed by atoms with Crippen molar-refractivity contribution in [1.29, 1.82) is 0 Å². The van der Waals surface area contributed by atoms with Crippen LogP contribution in [0.5, 0.6) is 11.5 Å². The van der Waals surface area contributed by atoms with Crippen molar-refractivity contribution in [3.63, 3.8) is 0 Å². The number of nitrogens with zero attached hydrogens (tertiary/aromatic N) is 3. The van der Waals surface area contributed by atoms with Gasteiger partial charge in [-0.1, -0.05) is 11.8 Å². The summed E-state index contributed by atoms with van der Waals surface area (Å²) >= 11 is 1.16. The smallest absolute Gasteiger partial charge is 0.234 e. The van der Waals surface area contributed by atoms with Crippen LogP contribution in [0.25, 0.3) is 0 Å². The van der Waals surface area contributed by atoms with E-state index in [0.29, 0.717) is 29.3 Å². The molecule has 0 radical (unpaired) electrons. The molecule has 0 bridgehead atoms. The Bertz CT molecular complexity index is 1010. The number of methoxy groups -OCH3 is 1. The first kappa shape index (κ1) is 21.6. The summed E-state index contributed by atoms with van der Waals surface area (Å²) in [4.78, 5) is 12.1. The van der Waals surface area contributed by atoms with E-state index in [9.17, 15) is 13.6 Å². The third-order valence-electron chi connectivity index (χ3n) is 4.07. The van der Waals surface area contributed by atoms with Crippen LogP contribution in [-0.2, 0) is 17.9 Å². The Morgan fingerprint density at radius 1 is 1.13 bits per heavy atom. The Kier molecular flexibility index (Phi) is 7.23. The van der Waals surface area contributed by atoms with Crippen LogP contribution < -0.4 is 14.8 Å². The number of anilines is 1. The van der Waals surface area contributed by atoms with Crippen LogP contribution in [0.1, 0.15) is 12.7 Å². The van der Waals surface area contributed by atoms with E-state index >= 15 is 0 Å². The third-order valence-corrected chi connectivity index (χ3v) is 5.04. The number of benzene rings is 2. The van der Waals surface area contributed by atoms with Gasteiger partial charge in [-0.05, 0) is 43.3 Å². The average Bonchev–Trinajstić information content (AvgIpc) is 3.15. The number of thioether (sulfide) groups is 1. The van der Waals surface area contributed by atoms with Gasteiger partial charge in [-0.2, -0.15) is 0 Å². The van der Waals surface area contributed by atoms with E-state index in [4.69, 9.17) is 9.47 Å². The number of amides is 1. The standard InChI is InChI=1S/C20H20F2N4O3S/c1-3-26-18(11-29-15-7-5-14(28-2)6-8-15)24-25-20(26)30-12-19(27)23-17-9-4-13(21)10-16(17)22/h4-10H,3,11-12H2,1-2H3,(H,23,27). The average molecular weight is 434 g/mol. The van der Waals surface area contributed by atoms with Crippen molar-refractivity contribution in [1.82, 2.24) is 14.8 Å². The van der Waals surface area contributed by atoms with Gasteiger partial charge in [0.25, 0.3) is 0 Å². The van der Waals surface area contributed by atoms with Crippen LogP contribution in [0.4, 0.5) is 14.5 Å². The molecule has 0 saturated heterocycles. The molecule has 0 aliphatic heterocycles. The summed E-state index contributed by atoms with van der Waals surface area (Å²) in [5.74, 6) is 0.0261. The molecule has 3 rings (SSSR count). The molecule has 1 aromatic heterocycles. The fourth-order valence-electron chi connectivity index (χ4n) is 2.58. The molecule has 0 unspecified atom stereocenters. The molecule has 1 amide bonds. The van der Waals surface area contributed by atoms with Gasteiger partial charge in [-0.15, -0.1) is 10.2 Å². The highest BCUT2D eigenvalue weighted by atomic mass is 32.2. The minimum absolute atomic E-state index is 0.00567. The van der Waals surface area contributed by atoms with E-state index < -0.39 is 17.5 Å². The molecule has 0 atom stereocenters. The summed E-state index contributed by atoms with van der Waals surface area (Å²) in [5.41, 5.74) is -0.0764. The molecular weight excluding hydrogens is 414 g/mol. The number of nitrogens with one attached hydrogen (secondary N) is 1. The van der Waals surface area contributed by atoms with Crippen molar-refractivity contribution in [2.24, 2.45) is 0 Å². The minimum atomic E-state index is -0.831. The molecule has 3 aromatic rings. The highest BCUT2D eigenvalue weighted by Crippen LogP contribution is 2.21. The molecule has 0 aliphatic rings. The molecule has 0 spiro atoms. The summed E-state index contributed by atoms with van der Waals surface area (Å²) in [6.45, 7) is 2.73. The first-order chi connectivity index (χ1) is 14.5. The lowest BCUT2D eigenvalue weighted by atomic mass is 10.3. The van der Waals surface area contributed by atoms with Crippen LogP contribution >= 0.6 is 11.8 Å². The maximum atomic E-state index is 13.7. The molecule has 0 aliphatic carbocycles. The Balaban J connectivity index is 1.57. The fourth-order valence-corrected chi connectivity index (χ4v) is 3.40. The molecule has 0 saturated carbocycles. The predicted molar refractivity (Wildman–Crippen MR) is 109 cm³/mol. The highest BCUT2D eigenvalue weighted by Gasteiger charge is 2.15. The number of carbonyl (C=O) groups excluding carboxylic acids is 1. The van der Waals surface area contributed by atoms with Gasteiger partial charge in [0.2, 0.25) is 5.91 Å². The minimum Gasteiger partial charge on any atom is -0.497 e. The summed E-state index contributed by atoms with van der Waals surface area (Å²) in [6.07, 6.45) is 0. The van der Waals surface area contributed by atoms with Gasteiger partial charge >= 0.3 is 0 Å². The van der Waals surface area contributed by atoms with Crippen molar-refractivity contribution < 1.29 is 23.0 Å². The molecule has 1 heterocycles. The summed E-state index contributed by atoms with van der Waals surface area (Å²) in [6, 6.07) is 10.1. The molecule has 10 heteroatoms. The predicted octanol–water partition coefficient (Wildman–Crippen LogP) is 3.89. The molecular formula is C20H20F2N4O3S. The number of halogens is 2. The van der Waals surface area contributed by atoms with Gasteiger partial charge < -0.3 is 19.4 Å². The van der Waals surface area contributed by atoms with E-state index in [1.165, 1.54) is 6.07 Å². The first-order valence-corrected chi connectivity index (χ1v) is 10.0. The van der Waals surface area contributed by atoms with Crippen LogP contribution in [0.15, 0.2) is 47.6 Å². The quantitative estimate of drug-likeness (QED) is 0.515. The second-order valence-electron chi connectivity index (χ2n) is 6.07. The number of hydrogen-bond acceptors (Lipinski definition) is 6. The van der Waals surface area contributed by atoms with E-state index in [-0.39, 0.29) is 18.0 Å². The lowest BCUT2D eigenvalue weighted by Crippen LogP contribution is -2.16. The highest BCUT2D eigenvalue weighted by molar-refractivity contribution is 7.99. The van der Waals surface area contributed by atoms with Gasteiger partial charge in [0.15, 0.2) is 11.0 Å². The molecule has 7 nitrogen and oxygen atoms in total. The maximum absolute atomic E-state index is 13.7. The normalized spacial score (nSPS) is 10.7. The SMILES string of the molecule is CCn1c(COc2ccc(OC)cc2)nnc1SCC(=O)Nc1ccc(F)cc1F. The summed E-state index contributed by atoms with van der Waals surface area (Å²) in [5, 5.41) is 11.2. The van der Waals surface area contributed by atoms with Gasteiger partial charge in [0.05, 0.1) is 18.6 Å². The number of aromatic nitrogens is 3. The van der Waals surface area contributed by atoms with Crippen LogP contribution in [-0.4, -0.2) is 33.5 Å². The van der Waals surface area contributed by atoms with Crippen LogP contribution in [0.3, 0.4) is 0 Å². The third kappa shape index (κ3) is 5.47. The molecule has 158 valence electrons. The Hall–Kier alpha value is -3.14. The summed E-state index contributed by atoms with van der Waals surface area (Å²) < 4.78 is 39.3. The van der Waals surface area contributed by atoms with Crippen molar-refractivity contribution in [2.45, 2.75) is 25.2 Å². The largest absolute Gasteiger partial charge is 0.497 e. The van der Waals surface area contributed by atoms with Crippen molar-refractivity contribution in [3.05, 3.63) is 59.9 Å². The molecule has 30 heavy (non-hydrogen) atoms. The molecule has 1 N–H and O–H groups in total. The first-order valence-electron chi connectivity index (χ1n) is 9.06. The number of hydrogen-bond donors (Lipinski definition) is 1. The number of ether oxygens (including phenoxy) is 2. The zero-order chi connectivity index (χ0) is 21.5. The van der Waals surface area contributed by atoms with Crippen LogP contribution in [0.2, 0.25) is 0 Å². The number of rotatable bonds is 9. The van der Waals surface area contributed by atoms with Gasteiger partial charge in [-0.3, -0.25) is 4.79 Å². The van der Waals surface area contributed by atoms with E-state index in [1.54, 1.807) is 31.4 Å². The van der Waals surface area contributed by atoms with Crippen molar-refractivity contribution in [3.8, 4) is 11.5 Å². The van der Waals surface area contributed by atoms with Crippen LogP contribution in [0, 0.1) is 11.6 Å². The maximum Gasteiger partial charge on any atom is 0.234 e. The van der Waals surface area contributed by atoms with Gasteiger partial charge in [-0.25, -0.2) is 8.78 Å². The molecule has 0 fully saturated rings. The van der Waals surface area contributed by atoms with E-state index in [2.05, 4.69) is 15.5 Å². The number of carbonyl (C=O) groups is 1. The molecule has 2 aromatic carbocycles. The zero-order valence-corrected chi connectivity index (χ0v) is 17.2. The van der Waals surface area contributed by atoms with E-state index in [1.807, 2.05) is 11.5 Å². The topological polar surface area (TPSA) is 78.3 Å². The Labute approximate surface area is 176 Å². The van der Waals surface area contributed by atoms with Crippen molar-refractivity contribution in [2.75, 3.05) is 18.2 Å². The Morgan fingerprint density at radius 3 is 2.53 bits per heavy atom. The van der Waals surface area contributed by atoms with Gasteiger partial charge in [0, 0.05) is 12.6 Å². The Morgan fingerprint density at radius 2 is 1.87 bits per heavy atom. The van der Waals surface area contributed by atoms with Crippen molar-refractivity contribution >= 4 is 23.4 Å². The second kappa shape index (κ2) is 10.1. The van der Waals surface area contributed by atoms with Gasteiger partial charge in [0.1, 0.15) is 29.7 Å². The van der Waals surface area contributed by atoms with E-state index in [0.717, 1.165) is 23.6 Å². The second-order valence-corrected chi connectivity index (χ2v) is 7.01. The monoisotopic (exact) mass is 434 g/mol. The fraction of sp³-hybridized carbons (Fsp3) is 0.250. The summed E-state index contributed by atoms with van der Waals surface area (Å²) in [7, 11) is 1.59. The lowest BCUT2D eigenvalue weighted by Gasteiger charge is -2.09. The lowest BCUT2D eigenvalue weighted by molar-refractivity contribution is -0.113.